The Labute approximate surface area is 166 Å². The Bertz CT molecular complexity index is 1020. The van der Waals surface area contributed by atoms with E-state index >= 15 is 0 Å². The van der Waals surface area contributed by atoms with E-state index in [4.69, 9.17) is 10.8 Å². The zero-order valence-corrected chi connectivity index (χ0v) is 16.2. The van der Waals surface area contributed by atoms with Gasteiger partial charge in [-0.15, -0.1) is 0 Å². The number of nitrogens with two attached hydrogens (primary N) is 1. The fraction of sp³-hybridized carbons (Fsp3) is 0.250. The number of benzene rings is 1. The third-order valence-electron chi connectivity index (χ3n) is 3.58. The summed E-state index contributed by atoms with van der Waals surface area (Å²) in [5.41, 5.74) is 6.33. The van der Waals surface area contributed by atoms with Gasteiger partial charge in [-0.25, -0.2) is 28.5 Å². The van der Waals surface area contributed by atoms with Crippen LogP contribution in [-0.4, -0.2) is 38.7 Å². The number of thioether (sulfide) groups is 1. The van der Waals surface area contributed by atoms with Crippen molar-refractivity contribution in [2.24, 2.45) is 0 Å². The maximum absolute atomic E-state index is 13.8. The number of aromatic nitrogens is 3. The number of amides is 1. The number of nitrogens with zero attached hydrogens (tertiary/aromatic N) is 3. The topological polar surface area (TPSA) is 126 Å². The summed E-state index contributed by atoms with van der Waals surface area (Å²) in [5.74, 6) is -1.24. The number of carbonyl (C=O) groups is 1. The number of nitrogen functional groups attached to an aromatic ring is 1. The highest BCUT2D eigenvalue weighted by Gasteiger charge is 2.16. The summed E-state index contributed by atoms with van der Waals surface area (Å²) in [6.07, 6.45) is -1.13. The lowest BCUT2D eigenvalue weighted by atomic mass is 10.2. The maximum atomic E-state index is 13.8. The molecule has 5 N–H and O–H groups in total. The summed E-state index contributed by atoms with van der Waals surface area (Å²) in [5, 5.41) is 14.7. The Morgan fingerprint density at radius 2 is 2.14 bits per heavy atom. The summed E-state index contributed by atoms with van der Waals surface area (Å²) < 4.78 is 27.8. The zero-order valence-electron chi connectivity index (χ0n) is 14.6. The number of anilines is 2. The molecule has 0 aliphatic rings. The van der Waals surface area contributed by atoms with Crippen LogP contribution in [0.5, 0.6) is 0 Å². The lowest BCUT2D eigenvalue weighted by Crippen LogP contribution is -2.33. The molecule has 0 unspecified atom stereocenters. The van der Waals surface area contributed by atoms with E-state index in [2.05, 4.69) is 25.6 Å². The Hall–Kier alpha value is -2.73. The molecule has 28 heavy (non-hydrogen) atoms. The highest BCUT2D eigenvalue weighted by atomic mass is 32.2. The highest BCUT2D eigenvalue weighted by molar-refractivity contribution is 7.98. The number of nitrogens with one attached hydrogen (secondary N) is 2. The second-order valence-electron chi connectivity index (χ2n) is 5.79. The number of hydrogen-bond donors (Lipinski definition) is 4. The van der Waals surface area contributed by atoms with Crippen molar-refractivity contribution in [3.8, 4) is 0 Å². The quantitative estimate of drug-likeness (QED) is 0.335. The van der Waals surface area contributed by atoms with Gasteiger partial charge in [0.2, 0.25) is 0 Å². The first-order chi connectivity index (χ1) is 13.3. The highest BCUT2D eigenvalue weighted by Crippen LogP contribution is 2.32. The SMILES string of the molecule is C[C@H](CNC(=O)O)Nc1nc(SCc2cccc(F)c2F)nc2nc(N)sc12. The molecule has 1 aromatic carbocycles. The molecule has 0 fully saturated rings. The van der Waals surface area contributed by atoms with Gasteiger partial charge in [-0.05, 0) is 13.0 Å². The van der Waals surface area contributed by atoms with E-state index in [1.54, 1.807) is 6.92 Å². The fourth-order valence-electron chi connectivity index (χ4n) is 2.31. The summed E-state index contributed by atoms with van der Waals surface area (Å²) in [6, 6.07) is 3.71. The molecule has 0 spiro atoms. The molecule has 2 aromatic heterocycles. The van der Waals surface area contributed by atoms with Gasteiger partial charge in [0.25, 0.3) is 0 Å². The molecule has 0 saturated heterocycles. The molecule has 0 bridgehead atoms. The Morgan fingerprint density at radius 1 is 1.36 bits per heavy atom. The number of carboxylic acid groups (broad SMARTS) is 1. The van der Waals surface area contributed by atoms with Crippen molar-refractivity contribution in [3.05, 3.63) is 35.4 Å². The van der Waals surface area contributed by atoms with Crippen LogP contribution in [0.1, 0.15) is 12.5 Å². The van der Waals surface area contributed by atoms with E-state index in [0.717, 1.165) is 17.8 Å². The molecule has 0 aliphatic heterocycles. The summed E-state index contributed by atoms with van der Waals surface area (Å²) in [7, 11) is 0. The smallest absolute Gasteiger partial charge is 0.404 e. The lowest BCUT2D eigenvalue weighted by Gasteiger charge is -2.15. The van der Waals surface area contributed by atoms with Crippen molar-refractivity contribution < 1.29 is 18.7 Å². The van der Waals surface area contributed by atoms with Crippen molar-refractivity contribution in [3.63, 3.8) is 0 Å². The van der Waals surface area contributed by atoms with Crippen molar-refractivity contribution in [2.75, 3.05) is 17.6 Å². The largest absolute Gasteiger partial charge is 0.465 e. The Balaban J connectivity index is 1.82. The van der Waals surface area contributed by atoms with E-state index < -0.39 is 17.7 Å². The van der Waals surface area contributed by atoms with Crippen molar-refractivity contribution in [1.82, 2.24) is 20.3 Å². The van der Waals surface area contributed by atoms with Gasteiger partial charge in [-0.2, -0.15) is 0 Å². The fourth-order valence-corrected chi connectivity index (χ4v) is 3.85. The van der Waals surface area contributed by atoms with Crippen LogP contribution in [0, 0.1) is 11.6 Å². The zero-order chi connectivity index (χ0) is 20.3. The lowest BCUT2D eigenvalue weighted by molar-refractivity contribution is 0.194. The minimum absolute atomic E-state index is 0.129. The van der Waals surface area contributed by atoms with E-state index in [1.165, 1.54) is 23.5 Å². The molecule has 148 valence electrons. The van der Waals surface area contributed by atoms with Gasteiger partial charge in [-0.1, -0.05) is 35.2 Å². The number of halogens is 2. The first-order valence-corrected chi connectivity index (χ1v) is 9.86. The third kappa shape index (κ3) is 4.75. The molecular formula is C16H16F2N6O2S2. The van der Waals surface area contributed by atoms with Gasteiger partial charge < -0.3 is 21.5 Å². The van der Waals surface area contributed by atoms with Crippen LogP contribution < -0.4 is 16.4 Å². The van der Waals surface area contributed by atoms with E-state index in [0.29, 0.717) is 26.5 Å². The van der Waals surface area contributed by atoms with E-state index in [9.17, 15) is 13.6 Å². The summed E-state index contributed by atoms with van der Waals surface area (Å²) in [4.78, 5) is 23.5. The Morgan fingerprint density at radius 3 is 2.89 bits per heavy atom. The van der Waals surface area contributed by atoms with E-state index in [-0.39, 0.29) is 23.9 Å². The normalized spacial score (nSPS) is 12.1. The van der Waals surface area contributed by atoms with E-state index in [1.807, 2.05) is 0 Å². The van der Waals surface area contributed by atoms with Gasteiger partial charge in [0.15, 0.2) is 33.4 Å². The predicted octanol–water partition coefficient (Wildman–Crippen LogP) is 3.31. The van der Waals surface area contributed by atoms with Crippen molar-refractivity contribution in [2.45, 2.75) is 23.9 Å². The van der Waals surface area contributed by atoms with Gasteiger partial charge >= 0.3 is 6.09 Å². The third-order valence-corrected chi connectivity index (χ3v) is 5.36. The van der Waals surface area contributed by atoms with Crippen LogP contribution in [0.15, 0.2) is 23.4 Å². The van der Waals surface area contributed by atoms with Crippen molar-refractivity contribution in [1.29, 1.82) is 0 Å². The van der Waals surface area contributed by atoms with Gasteiger partial charge in [0, 0.05) is 23.9 Å². The molecule has 1 amide bonds. The standard InChI is InChI=1S/C16H16F2N6O2S2/c1-7(5-20-16(25)26)21-12-11-13(22-14(19)28-11)24-15(23-12)27-6-8-3-2-4-9(17)10(8)18/h2-4,7,20H,5-6H2,1H3,(H,25,26)(H3,19,21,22,23,24)/t7-/m1/s1. The number of thiazole rings is 1. The van der Waals surface area contributed by atoms with Crippen LogP contribution in [0.4, 0.5) is 24.5 Å². The van der Waals surface area contributed by atoms with Crippen LogP contribution in [0.2, 0.25) is 0 Å². The number of fused-ring (bicyclic) bond motifs is 1. The predicted molar refractivity (Wildman–Crippen MR) is 105 cm³/mol. The first-order valence-electron chi connectivity index (χ1n) is 8.06. The minimum atomic E-state index is -1.13. The molecule has 12 heteroatoms. The average Bonchev–Trinajstić information content (AvgIpc) is 3.02. The molecule has 0 radical (unpaired) electrons. The number of rotatable bonds is 7. The number of hydrogen-bond acceptors (Lipinski definition) is 8. The van der Waals surface area contributed by atoms with Gasteiger partial charge in [-0.3, -0.25) is 0 Å². The molecule has 3 rings (SSSR count). The van der Waals surface area contributed by atoms with Crippen LogP contribution in [0.3, 0.4) is 0 Å². The molecule has 0 saturated carbocycles. The molecular weight excluding hydrogens is 410 g/mol. The first kappa shape index (κ1) is 20.0. The average molecular weight is 426 g/mol. The van der Waals surface area contributed by atoms with Crippen LogP contribution >= 0.6 is 23.1 Å². The summed E-state index contributed by atoms with van der Waals surface area (Å²) in [6.45, 7) is 1.94. The second-order valence-corrected chi connectivity index (χ2v) is 7.77. The minimum Gasteiger partial charge on any atom is -0.465 e. The van der Waals surface area contributed by atoms with Gasteiger partial charge in [0.1, 0.15) is 4.70 Å². The second kappa shape index (κ2) is 8.52. The van der Waals surface area contributed by atoms with Crippen LogP contribution in [0.25, 0.3) is 10.3 Å². The molecule has 1 atom stereocenters. The molecule has 0 aliphatic carbocycles. The van der Waals surface area contributed by atoms with Crippen molar-refractivity contribution >= 4 is 50.5 Å². The monoisotopic (exact) mass is 426 g/mol. The molecule has 3 aromatic rings. The summed E-state index contributed by atoms with van der Waals surface area (Å²) >= 11 is 2.32. The Kier molecular flexibility index (Phi) is 6.09. The molecule has 8 nitrogen and oxygen atoms in total. The maximum Gasteiger partial charge on any atom is 0.404 e. The molecule has 2 heterocycles. The van der Waals surface area contributed by atoms with Gasteiger partial charge in [0.05, 0.1) is 0 Å². The van der Waals surface area contributed by atoms with Crippen LogP contribution in [-0.2, 0) is 5.75 Å².